The summed E-state index contributed by atoms with van der Waals surface area (Å²) in [4.78, 5) is 0. The highest BCUT2D eigenvalue weighted by molar-refractivity contribution is 5.26. The Labute approximate surface area is 115 Å². The first-order valence-electron chi connectivity index (χ1n) is 5.78. The molecular formula is C15H18ClNO. The molecule has 0 aliphatic rings. The Bertz CT molecular complexity index is 508. The lowest BCUT2D eigenvalue weighted by molar-refractivity contribution is -0.688. The van der Waals surface area contributed by atoms with Gasteiger partial charge in [0.2, 0.25) is 0 Å². The van der Waals surface area contributed by atoms with Gasteiger partial charge >= 0.3 is 0 Å². The second-order valence-corrected chi connectivity index (χ2v) is 4.33. The van der Waals surface area contributed by atoms with Gasteiger partial charge in [-0.2, -0.15) is 0 Å². The number of ether oxygens (including phenoxy) is 1. The smallest absolute Gasteiger partial charge is 0.173 e. The molecule has 0 saturated heterocycles. The van der Waals surface area contributed by atoms with Crippen LogP contribution in [0, 0.1) is 13.8 Å². The molecule has 2 rings (SSSR count). The van der Waals surface area contributed by atoms with Gasteiger partial charge in [0, 0.05) is 17.2 Å². The molecule has 96 valence electrons. The minimum atomic E-state index is 0. The predicted octanol–water partition coefficient (Wildman–Crippen LogP) is -0.348. The number of aromatic nitrogens is 1. The third kappa shape index (κ3) is 3.47. The number of nitrogens with zero attached hydrogens (tertiary/aromatic N) is 1. The maximum absolute atomic E-state index is 5.15. The summed E-state index contributed by atoms with van der Waals surface area (Å²) < 4.78 is 7.35. The van der Waals surface area contributed by atoms with E-state index in [2.05, 4.69) is 49.0 Å². The highest BCUT2D eigenvalue weighted by Gasteiger charge is 2.04. The van der Waals surface area contributed by atoms with Crippen molar-refractivity contribution in [3.63, 3.8) is 0 Å². The zero-order valence-electron chi connectivity index (χ0n) is 11.0. The maximum Gasteiger partial charge on any atom is 0.173 e. The van der Waals surface area contributed by atoms with Crippen molar-refractivity contribution >= 4 is 0 Å². The van der Waals surface area contributed by atoms with Crippen LogP contribution in [-0.2, 0) is 6.54 Å². The molecule has 2 nitrogen and oxygen atoms in total. The van der Waals surface area contributed by atoms with Gasteiger partial charge in [-0.15, -0.1) is 0 Å². The zero-order chi connectivity index (χ0) is 12.3. The lowest BCUT2D eigenvalue weighted by atomic mass is 10.1. The van der Waals surface area contributed by atoms with Crippen LogP contribution in [0.3, 0.4) is 0 Å². The van der Waals surface area contributed by atoms with Gasteiger partial charge in [0.15, 0.2) is 18.9 Å². The van der Waals surface area contributed by atoms with Crippen LogP contribution in [0.4, 0.5) is 0 Å². The maximum atomic E-state index is 5.15. The van der Waals surface area contributed by atoms with Crippen LogP contribution in [0.2, 0.25) is 0 Å². The second kappa shape index (κ2) is 6.41. The summed E-state index contributed by atoms with van der Waals surface area (Å²) in [5.74, 6) is 0.902. The number of hydrogen-bond donors (Lipinski definition) is 0. The van der Waals surface area contributed by atoms with E-state index in [4.69, 9.17) is 4.74 Å². The van der Waals surface area contributed by atoms with Crippen molar-refractivity contribution < 1.29 is 21.7 Å². The molecule has 0 fully saturated rings. The van der Waals surface area contributed by atoms with Gasteiger partial charge in [0.05, 0.1) is 7.11 Å². The molecule has 0 spiro atoms. The second-order valence-electron chi connectivity index (χ2n) is 4.33. The van der Waals surface area contributed by atoms with Gasteiger partial charge in [0.25, 0.3) is 0 Å². The molecule has 1 aromatic carbocycles. The molecule has 0 bridgehead atoms. The summed E-state index contributed by atoms with van der Waals surface area (Å²) in [6.45, 7) is 5.16. The summed E-state index contributed by atoms with van der Waals surface area (Å²) in [6.07, 6.45) is 4.30. The summed E-state index contributed by atoms with van der Waals surface area (Å²) in [6, 6.07) is 10.3. The average molecular weight is 264 g/mol. The third-order valence-corrected chi connectivity index (χ3v) is 3.02. The Morgan fingerprint density at radius 1 is 1.00 bits per heavy atom. The summed E-state index contributed by atoms with van der Waals surface area (Å²) in [7, 11) is 1.69. The molecule has 1 aromatic heterocycles. The summed E-state index contributed by atoms with van der Waals surface area (Å²) >= 11 is 0. The van der Waals surface area contributed by atoms with Crippen LogP contribution in [0.5, 0.6) is 5.75 Å². The number of aryl methyl sites for hydroxylation is 2. The van der Waals surface area contributed by atoms with Gasteiger partial charge in [-0.05, 0) is 43.7 Å². The molecule has 0 aliphatic carbocycles. The van der Waals surface area contributed by atoms with Gasteiger partial charge < -0.3 is 17.1 Å². The number of hydrogen-bond acceptors (Lipinski definition) is 1. The van der Waals surface area contributed by atoms with Crippen molar-refractivity contribution in [2.45, 2.75) is 20.4 Å². The van der Waals surface area contributed by atoms with Crippen LogP contribution in [0.15, 0.2) is 42.7 Å². The molecule has 0 saturated carbocycles. The predicted molar refractivity (Wildman–Crippen MR) is 68.2 cm³/mol. The number of pyridine rings is 1. The first-order valence-corrected chi connectivity index (χ1v) is 5.78. The largest absolute Gasteiger partial charge is 1.00 e. The fourth-order valence-corrected chi connectivity index (χ4v) is 1.77. The van der Waals surface area contributed by atoms with E-state index < -0.39 is 0 Å². The zero-order valence-corrected chi connectivity index (χ0v) is 11.7. The van der Waals surface area contributed by atoms with Crippen molar-refractivity contribution in [2.75, 3.05) is 7.11 Å². The van der Waals surface area contributed by atoms with Crippen molar-refractivity contribution in [2.24, 2.45) is 0 Å². The van der Waals surface area contributed by atoms with E-state index in [1.54, 1.807) is 7.11 Å². The first kappa shape index (κ1) is 14.5. The SMILES string of the molecule is COc1ccc(C[n+]2ccc(C)c(C)c2)cc1.[Cl-]. The topological polar surface area (TPSA) is 13.1 Å². The Morgan fingerprint density at radius 3 is 2.22 bits per heavy atom. The van der Waals surface area contributed by atoms with Crippen LogP contribution < -0.4 is 21.7 Å². The first-order chi connectivity index (χ1) is 8.19. The van der Waals surface area contributed by atoms with E-state index in [0.717, 1.165) is 12.3 Å². The van der Waals surface area contributed by atoms with Crippen molar-refractivity contribution in [3.05, 3.63) is 59.4 Å². The molecule has 2 aromatic rings. The van der Waals surface area contributed by atoms with Gasteiger partial charge in [-0.25, -0.2) is 4.57 Å². The monoisotopic (exact) mass is 263 g/mol. The standard InChI is InChI=1S/C15H18NO.ClH/c1-12-8-9-16(10-13(12)2)11-14-4-6-15(17-3)7-5-14;/h4-10H,11H2,1-3H3;1H/q+1;/p-1. The number of rotatable bonds is 3. The van der Waals surface area contributed by atoms with Crippen LogP contribution in [-0.4, -0.2) is 7.11 Å². The summed E-state index contributed by atoms with van der Waals surface area (Å²) in [5, 5.41) is 0. The molecule has 0 aliphatic heterocycles. The van der Waals surface area contributed by atoms with Crippen molar-refractivity contribution in [1.29, 1.82) is 0 Å². The van der Waals surface area contributed by atoms with E-state index in [0.29, 0.717) is 0 Å². The fraction of sp³-hybridized carbons (Fsp3) is 0.267. The molecule has 0 radical (unpaired) electrons. The molecule has 0 N–H and O–H groups in total. The Morgan fingerprint density at radius 2 is 1.67 bits per heavy atom. The quantitative estimate of drug-likeness (QED) is 0.691. The molecule has 1 heterocycles. The molecule has 3 heteroatoms. The minimum absolute atomic E-state index is 0. The van der Waals surface area contributed by atoms with E-state index in [1.165, 1.54) is 16.7 Å². The van der Waals surface area contributed by atoms with E-state index >= 15 is 0 Å². The molecule has 0 atom stereocenters. The minimum Gasteiger partial charge on any atom is -1.00 e. The van der Waals surface area contributed by atoms with E-state index in [-0.39, 0.29) is 12.4 Å². The van der Waals surface area contributed by atoms with E-state index in [1.807, 2.05) is 12.1 Å². The number of benzene rings is 1. The fourth-order valence-electron chi connectivity index (χ4n) is 1.77. The Hall–Kier alpha value is -1.54. The molecule has 18 heavy (non-hydrogen) atoms. The Kier molecular flexibility index (Phi) is 5.17. The molecule has 0 unspecified atom stereocenters. The highest BCUT2D eigenvalue weighted by Crippen LogP contribution is 2.11. The van der Waals surface area contributed by atoms with Crippen molar-refractivity contribution in [3.8, 4) is 5.75 Å². The lowest BCUT2D eigenvalue weighted by Gasteiger charge is -2.02. The van der Waals surface area contributed by atoms with Gasteiger partial charge in [-0.1, -0.05) is 0 Å². The van der Waals surface area contributed by atoms with E-state index in [9.17, 15) is 0 Å². The molecular weight excluding hydrogens is 246 g/mol. The lowest BCUT2D eigenvalue weighted by Crippen LogP contribution is -3.00. The van der Waals surface area contributed by atoms with Crippen LogP contribution in [0.1, 0.15) is 16.7 Å². The van der Waals surface area contributed by atoms with Crippen molar-refractivity contribution in [1.82, 2.24) is 0 Å². The van der Waals surface area contributed by atoms with Crippen LogP contribution >= 0.6 is 0 Å². The number of methoxy groups -OCH3 is 1. The van der Waals surface area contributed by atoms with Gasteiger partial charge in [-0.3, -0.25) is 0 Å². The van der Waals surface area contributed by atoms with Crippen LogP contribution in [0.25, 0.3) is 0 Å². The third-order valence-electron chi connectivity index (χ3n) is 3.02. The average Bonchev–Trinajstić information content (AvgIpc) is 2.35. The number of halogens is 1. The Balaban J connectivity index is 0.00000162. The molecule has 0 amide bonds. The normalized spacial score (nSPS) is 9.72. The van der Waals surface area contributed by atoms with Gasteiger partial charge in [0.1, 0.15) is 5.75 Å². The summed E-state index contributed by atoms with van der Waals surface area (Å²) in [5.41, 5.74) is 3.93. The highest BCUT2D eigenvalue weighted by atomic mass is 35.5.